The van der Waals surface area contributed by atoms with Gasteiger partial charge in [0, 0.05) is 25.2 Å². The summed E-state index contributed by atoms with van der Waals surface area (Å²) in [5, 5.41) is 3.29. The quantitative estimate of drug-likeness (QED) is 0.479. The Morgan fingerprint density at radius 1 is 1.36 bits per heavy atom. The smallest absolute Gasteiger partial charge is 0.290 e. The minimum Gasteiger partial charge on any atom is -0.494 e. The van der Waals surface area contributed by atoms with Crippen LogP contribution in [0.15, 0.2) is 24.3 Å². The van der Waals surface area contributed by atoms with Gasteiger partial charge < -0.3 is 15.0 Å². The van der Waals surface area contributed by atoms with Gasteiger partial charge in [-0.1, -0.05) is 11.6 Å². The summed E-state index contributed by atoms with van der Waals surface area (Å²) in [6, 6.07) is 6.99. The van der Waals surface area contributed by atoms with Gasteiger partial charge in [-0.05, 0) is 30.7 Å². The second-order valence-corrected chi connectivity index (χ2v) is 5.49. The van der Waals surface area contributed by atoms with Crippen molar-refractivity contribution in [3.05, 3.63) is 29.3 Å². The molecule has 1 atom stereocenters. The van der Waals surface area contributed by atoms with Gasteiger partial charge in [0.2, 0.25) is 11.7 Å². The molecule has 1 unspecified atom stereocenters. The molecule has 6 nitrogen and oxygen atoms in total. The number of hydrogen-bond acceptors (Lipinski definition) is 4. The lowest BCUT2D eigenvalue weighted by molar-refractivity contribution is -0.142. The standard InChI is InChI=1S/C15H17ClN2O4/c1-18-9-12(13(19)15(18)21)14(20)17-7-2-8-22-11-5-3-10(16)4-6-11/h3-6,12H,2,7-9H2,1H3,(H,17,20). The highest BCUT2D eigenvalue weighted by atomic mass is 35.5. The average Bonchev–Trinajstić information content (AvgIpc) is 2.76. The van der Waals surface area contributed by atoms with Crippen LogP contribution in [-0.4, -0.2) is 49.2 Å². The summed E-state index contributed by atoms with van der Waals surface area (Å²) in [7, 11) is 1.51. The number of Topliss-reactive ketones (excluding diaryl/α,β-unsaturated/α-hetero) is 1. The highest BCUT2D eigenvalue weighted by molar-refractivity contribution is 6.42. The Labute approximate surface area is 133 Å². The Hall–Kier alpha value is -2.08. The fourth-order valence-electron chi connectivity index (χ4n) is 2.11. The summed E-state index contributed by atoms with van der Waals surface area (Å²) in [5.41, 5.74) is 0. The molecule has 22 heavy (non-hydrogen) atoms. The van der Waals surface area contributed by atoms with Crippen LogP contribution >= 0.6 is 11.6 Å². The lowest BCUT2D eigenvalue weighted by atomic mass is 10.1. The van der Waals surface area contributed by atoms with E-state index in [0.717, 1.165) is 0 Å². The molecular formula is C15H17ClN2O4. The van der Waals surface area contributed by atoms with Crippen molar-refractivity contribution in [2.24, 2.45) is 5.92 Å². The first-order chi connectivity index (χ1) is 10.5. The number of ketones is 1. The summed E-state index contributed by atoms with van der Waals surface area (Å²) < 4.78 is 5.48. The van der Waals surface area contributed by atoms with Crippen molar-refractivity contribution in [3.8, 4) is 5.75 Å². The minimum atomic E-state index is -0.894. The van der Waals surface area contributed by atoms with Crippen molar-refractivity contribution < 1.29 is 19.1 Å². The van der Waals surface area contributed by atoms with Gasteiger partial charge in [-0.3, -0.25) is 14.4 Å². The molecule has 0 aliphatic carbocycles. The van der Waals surface area contributed by atoms with Gasteiger partial charge >= 0.3 is 0 Å². The third-order valence-electron chi connectivity index (χ3n) is 3.35. The van der Waals surface area contributed by atoms with Gasteiger partial charge in [-0.15, -0.1) is 0 Å². The van der Waals surface area contributed by atoms with Gasteiger partial charge in [0.05, 0.1) is 6.61 Å². The Morgan fingerprint density at radius 2 is 2.05 bits per heavy atom. The van der Waals surface area contributed by atoms with Gasteiger partial charge in [-0.25, -0.2) is 0 Å². The van der Waals surface area contributed by atoms with Crippen LogP contribution in [0.4, 0.5) is 0 Å². The molecule has 0 radical (unpaired) electrons. The predicted molar refractivity (Wildman–Crippen MR) is 80.7 cm³/mol. The van der Waals surface area contributed by atoms with Crippen molar-refractivity contribution in [2.75, 3.05) is 26.7 Å². The minimum absolute atomic E-state index is 0.144. The number of benzene rings is 1. The van der Waals surface area contributed by atoms with Crippen LogP contribution in [0.5, 0.6) is 5.75 Å². The molecular weight excluding hydrogens is 308 g/mol. The number of carbonyl (C=O) groups excluding carboxylic acids is 3. The monoisotopic (exact) mass is 324 g/mol. The number of carbonyl (C=O) groups is 3. The summed E-state index contributed by atoms with van der Waals surface area (Å²) in [4.78, 5) is 36.0. The van der Waals surface area contributed by atoms with E-state index in [0.29, 0.717) is 30.3 Å². The number of likely N-dealkylation sites (N-methyl/N-ethyl adjacent to an activating group) is 1. The SMILES string of the molecule is CN1CC(C(=O)NCCCOc2ccc(Cl)cc2)C(=O)C1=O. The molecule has 0 saturated carbocycles. The number of nitrogens with one attached hydrogen (secondary N) is 1. The van der Waals surface area contributed by atoms with E-state index in [1.807, 2.05) is 0 Å². The Balaban J connectivity index is 1.66. The largest absolute Gasteiger partial charge is 0.494 e. The highest BCUT2D eigenvalue weighted by Crippen LogP contribution is 2.15. The lowest BCUT2D eigenvalue weighted by Crippen LogP contribution is -2.36. The third-order valence-corrected chi connectivity index (χ3v) is 3.60. The molecule has 1 N–H and O–H groups in total. The second-order valence-electron chi connectivity index (χ2n) is 5.05. The molecule has 2 rings (SSSR count). The van der Waals surface area contributed by atoms with E-state index in [1.165, 1.54) is 11.9 Å². The predicted octanol–water partition coefficient (Wildman–Crippen LogP) is 0.882. The maximum absolute atomic E-state index is 11.9. The number of hydrogen-bond donors (Lipinski definition) is 1. The first-order valence-electron chi connectivity index (χ1n) is 6.94. The second kappa shape index (κ2) is 7.26. The first-order valence-corrected chi connectivity index (χ1v) is 7.32. The number of likely N-dealkylation sites (tertiary alicyclic amines) is 1. The van der Waals surface area contributed by atoms with Crippen LogP contribution < -0.4 is 10.1 Å². The van der Waals surface area contributed by atoms with Crippen LogP contribution in [-0.2, 0) is 14.4 Å². The lowest BCUT2D eigenvalue weighted by Gasteiger charge is -2.10. The molecule has 1 aliphatic heterocycles. The fraction of sp³-hybridized carbons (Fsp3) is 0.400. The van der Waals surface area contributed by atoms with Crippen molar-refractivity contribution >= 4 is 29.2 Å². The Bertz CT molecular complexity index is 573. The van der Waals surface area contributed by atoms with Crippen molar-refractivity contribution in [2.45, 2.75) is 6.42 Å². The van der Waals surface area contributed by atoms with Crippen molar-refractivity contribution in [1.29, 1.82) is 0 Å². The normalized spacial score (nSPS) is 17.7. The topological polar surface area (TPSA) is 75.7 Å². The molecule has 0 spiro atoms. The number of amides is 2. The Kier molecular flexibility index (Phi) is 5.38. The van der Waals surface area contributed by atoms with E-state index < -0.39 is 23.5 Å². The molecule has 1 aliphatic rings. The molecule has 1 aromatic carbocycles. The molecule has 0 bridgehead atoms. The maximum Gasteiger partial charge on any atom is 0.290 e. The third kappa shape index (κ3) is 3.98. The van der Waals surface area contributed by atoms with Gasteiger partial charge in [0.15, 0.2) is 0 Å². The zero-order valence-corrected chi connectivity index (χ0v) is 12.9. The fourth-order valence-corrected chi connectivity index (χ4v) is 2.23. The zero-order valence-electron chi connectivity index (χ0n) is 12.2. The van der Waals surface area contributed by atoms with E-state index in [1.54, 1.807) is 24.3 Å². The summed E-state index contributed by atoms with van der Waals surface area (Å²) in [5.74, 6) is -1.85. The van der Waals surface area contributed by atoms with Gasteiger partial charge in [-0.2, -0.15) is 0 Å². The molecule has 1 heterocycles. The Morgan fingerprint density at radius 3 is 2.64 bits per heavy atom. The number of halogens is 1. The molecule has 2 amide bonds. The van der Waals surface area contributed by atoms with E-state index in [-0.39, 0.29) is 6.54 Å². The van der Waals surface area contributed by atoms with Crippen LogP contribution in [0.2, 0.25) is 5.02 Å². The molecule has 7 heteroatoms. The van der Waals surface area contributed by atoms with E-state index in [9.17, 15) is 14.4 Å². The summed E-state index contributed by atoms with van der Waals surface area (Å²) in [6.45, 7) is 0.957. The van der Waals surface area contributed by atoms with E-state index >= 15 is 0 Å². The molecule has 0 aromatic heterocycles. The molecule has 1 saturated heterocycles. The van der Waals surface area contributed by atoms with Crippen LogP contribution in [0.1, 0.15) is 6.42 Å². The van der Waals surface area contributed by atoms with Gasteiger partial charge in [0.25, 0.3) is 5.91 Å². The number of ether oxygens (including phenoxy) is 1. The first kappa shape index (κ1) is 16.3. The van der Waals surface area contributed by atoms with Crippen LogP contribution in [0, 0.1) is 5.92 Å². The molecule has 1 fully saturated rings. The molecule has 1 aromatic rings. The van der Waals surface area contributed by atoms with Crippen LogP contribution in [0.25, 0.3) is 0 Å². The summed E-state index contributed by atoms with van der Waals surface area (Å²) in [6.07, 6.45) is 0.596. The van der Waals surface area contributed by atoms with E-state index in [2.05, 4.69) is 5.32 Å². The highest BCUT2D eigenvalue weighted by Gasteiger charge is 2.41. The van der Waals surface area contributed by atoms with Crippen LogP contribution in [0.3, 0.4) is 0 Å². The summed E-state index contributed by atoms with van der Waals surface area (Å²) >= 11 is 5.77. The van der Waals surface area contributed by atoms with Gasteiger partial charge in [0.1, 0.15) is 11.7 Å². The van der Waals surface area contributed by atoms with E-state index in [4.69, 9.17) is 16.3 Å². The average molecular weight is 325 g/mol. The van der Waals surface area contributed by atoms with Crippen molar-refractivity contribution in [3.63, 3.8) is 0 Å². The zero-order chi connectivity index (χ0) is 16.1. The molecule has 118 valence electrons. The number of nitrogens with zero attached hydrogens (tertiary/aromatic N) is 1. The maximum atomic E-state index is 11.9. The number of rotatable bonds is 6. The van der Waals surface area contributed by atoms with Crippen molar-refractivity contribution in [1.82, 2.24) is 10.2 Å².